The number of urea groups is 1. The van der Waals surface area contributed by atoms with Gasteiger partial charge in [-0.05, 0) is 42.5 Å². The molecule has 0 bridgehead atoms. The Labute approximate surface area is 158 Å². The van der Waals surface area contributed by atoms with Crippen molar-refractivity contribution in [3.05, 3.63) is 47.5 Å². The SMILES string of the molecule is COc1ccc(NC(=O)N2CCN(c3ccc(OC)c(Cl)c3)CC2)cc1. The second-order valence-corrected chi connectivity index (χ2v) is 6.36. The zero-order chi connectivity index (χ0) is 18.5. The summed E-state index contributed by atoms with van der Waals surface area (Å²) in [5, 5.41) is 3.50. The number of nitrogens with one attached hydrogen (secondary N) is 1. The zero-order valence-electron chi connectivity index (χ0n) is 14.9. The Morgan fingerprint density at radius 2 is 1.69 bits per heavy atom. The van der Waals surface area contributed by atoms with E-state index in [1.807, 2.05) is 47.4 Å². The van der Waals surface area contributed by atoms with E-state index in [0.717, 1.165) is 30.2 Å². The minimum atomic E-state index is -0.0948. The van der Waals surface area contributed by atoms with Crippen molar-refractivity contribution in [3.8, 4) is 11.5 Å². The lowest BCUT2D eigenvalue weighted by Crippen LogP contribution is -2.50. The molecule has 2 amide bonds. The number of hydrogen-bond acceptors (Lipinski definition) is 4. The molecule has 1 fully saturated rings. The molecule has 0 unspecified atom stereocenters. The van der Waals surface area contributed by atoms with E-state index in [1.54, 1.807) is 14.2 Å². The fraction of sp³-hybridized carbons (Fsp3) is 0.316. The van der Waals surface area contributed by atoms with Crippen LogP contribution in [0.1, 0.15) is 0 Å². The largest absolute Gasteiger partial charge is 0.497 e. The van der Waals surface area contributed by atoms with E-state index in [-0.39, 0.29) is 6.03 Å². The molecule has 0 atom stereocenters. The molecule has 0 aromatic heterocycles. The van der Waals surface area contributed by atoms with Gasteiger partial charge in [0.1, 0.15) is 11.5 Å². The van der Waals surface area contributed by atoms with E-state index in [4.69, 9.17) is 21.1 Å². The van der Waals surface area contributed by atoms with Crippen LogP contribution < -0.4 is 19.7 Å². The van der Waals surface area contributed by atoms with Crippen molar-refractivity contribution in [2.75, 3.05) is 50.6 Å². The minimum absolute atomic E-state index is 0.0948. The van der Waals surface area contributed by atoms with Crippen molar-refractivity contribution in [2.24, 2.45) is 0 Å². The van der Waals surface area contributed by atoms with E-state index in [1.165, 1.54) is 0 Å². The number of anilines is 2. The number of amides is 2. The topological polar surface area (TPSA) is 54.0 Å². The second-order valence-electron chi connectivity index (χ2n) is 5.95. The number of benzene rings is 2. The molecule has 138 valence electrons. The van der Waals surface area contributed by atoms with Gasteiger partial charge < -0.3 is 24.6 Å². The Hall–Kier alpha value is -2.60. The van der Waals surface area contributed by atoms with Crippen LogP contribution in [0.5, 0.6) is 11.5 Å². The lowest BCUT2D eigenvalue weighted by atomic mass is 10.2. The van der Waals surface area contributed by atoms with E-state index < -0.39 is 0 Å². The van der Waals surface area contributed by atoms with Gasteiger partial charge in [-0.25, -0.2) is 4.79 Å². The van der Waals surface area contributed by atoms with Crippen LogP contribution in [0.2, 0.25) is 5.02 Å². The van der Waals surface area contributed by atoms with Crippen LogP contribution in [0.15, 0.2) is 42.5 Å². The Balaban J connectivity index is 1.55. The fourth-order valence-corrected chi connectivity index (χ4v) is 3.15. The maximum Gasteiger partial charge on any atom is 0.321 e. The highest BCUT2D eigenvalue weighted by molar-refractivity contribution is 6.32. The Kier molecular flexibility index (Phi) is 5.73. The van der Waals surface area contributed by atoms with Crippen LogP contribution in [0.4, 0.5) is 16.2 Å². The number of ether oxygens (including phenoxy) is 2. The number of halogens is 1. The molecule has 6 nitrogen and oxygen atoms in total. The average Bonchev–Trinajstić information content (AvgIpc) is 2.68. The van der Waals surface area contributed by atoms with Crippen molar-refractivity contribution in [1.29, 1.82) is 0 Å². The third kappa shape index (κ3) is 4.14. The first kappa shape index (κ1) is 18.2. The van der Waals surface area contributed by atoms with Crippen molar-refractivity contribution in [1.82, 2.24) is 4.90 Å². The molecular formula is C19H22ClN3O3. The molecule has 2 aromatic rings. The molecule has 1 N–H and O–H groups in total. The molecule has 2 aromatic carbocycles. The highest BCUT2D eigenvalue weighted by Crippen LogP contribution is 2.29. The monoisotopic (exact) mass is 375 g/mol. The maximum atomic E-state index is 12.4. The Bertz CT molecular complexity index is 759. The lowest BCUT2D eigenvalue weighted by molar-refractivity contribution is 0.208. The standard InChI is InChI=1S/C19H22ClN3O3/c1-25-16-6-3-14(4-7-16)21-19(24)23-11-9-22(10-12-23)15-5-8-18(26-2)17(20)13-15/h3-8,13H,9-12H2,1-2H3,(H,21,24). The number of methoxy groups -OCH3 is 2. The minimum Gasteiger partial charge on any atom is -0.497 e. The molecule has 1 heterocycles. The third-order valence-corrected chi connectivity index (χ3v) is 4.70. The van der Waals surface area contributed by atoms with Crippen LogP contribution in [0.3, 0.4) is 0 Å². The van der Waals surface area contributed by atoms with Crippen molar-refractivity contribution in [3.63, 3.8) is 0 Å². The summed E-state index contributed by atoms with van der Waals surface area (Å²) in [7, 11) is 3.21. The van der Waals surface area contributed by atoms with Gasteiger partial charge in [0.25, 0.3) is 0 Å². The number of nitrogens with zero attached hydrogens (tertiary/aromatic N) is 2. The second kappa shape index (κ2) is 8.19. The number of carbonyl (C=O) groups excluding carboxylic acids is 1. The van der Waals surface area contributed by atoms with Crippen LogP contribution in [-0.2, 0) is 0 Å². The molecule has 0 saturated carbocycles. The molecule has 26 heavy (non-hydrogen) atoms. The Morgan fingerprint density at radius 3 is 2.27 bits per heavy atom. The van der Waals surface area contributed by atoms with E-state index in [2.05, 4.69) is 10.2 Å². The van der Waals surface area contributed by atoms with Crippen LogP contribution in [0, 0.1) is 0 Å². The van der Waals surface area contributed by atoms with E-state index in [9.17, 15) is 4.79 Å². The average molecular weight is 376 g/mol. The maximum absolute atomic E-state index is 12.4. The summed E-state index contributed by atoms with van der Waals surface area (Å²) in [5.41, 5.74) is 1.78. The number of carbonyl (C=O) groups is 1. The van der Waals surface area contributed by atoms with Crippen LogP contribution >= 0.6 is 11.6 Å². The van der Waals surface area contributed by atoms with Gasteiger partial charge in [-0.15, -0.1) is 0 Å². The predicted molar refractivity (Wildman–Crippen MR) is 104 cm³/mol. The molecular weight excluding hydrogens is 354 g/mol. The summed E-state index contributed by atoms with van der Waals surface area (Å²) >= 11 is 6.20. The highest BCUT2D eigenvalue weighted by atomic mass is 35.5. The third-order valence-electron chi connectivity index (χ3n) is 4.41. The quantitative estimate of drug-likeness (QED) is 0.885. The molecule has 3 rings (SSSR count). The first-order valence-corrected chi connectivity index (χ1v) is 8.77. The summed E-state index contributed by atoms with van der Waals surface area (Å²) in [6, 6.07) is 12.9. The van der Waals surface area contributed by atoms with Gasteiger partial charge in [-0.3, -0.25) is 0 Å². The summed E-state index contributed by atoms with van der Waals surface area (Å²) in [4.78, 5) is 16.5. The van der Waals surface area contributed by atoms with Gasteiger partial charge in [-0.1, -0.05) is 11.6 Å². The molecule has 0 aliphatic carbocycles. The Morgan fingerprint density at radius 1 is 1.00 bits per heavy atom. The van der Waals surface area contributed by atoms with Crippen LogP contribution in [-0.4, -0.2) is 51.3 Å². The highest BCUT2D eigenvalue weighted by Gasteiger charge is 2.21. The summed E-state index contributed by atoms with van der Waals surface area (Å²) < 4.78 is 10.3. The van der Waals surface area contributed by atoms with Gasteiger partial charge in [0.05, 0.1) is 19.2 Å². The molecule has 7 heteroatoms. The molecule has 1 saturated heterocycles. The number of hydrogen-bond donors (Lipinski definition) is 1. The molecule has 1 aliphatic heterocycles. The summed E-state index contributed by atoms with van der Waals surface area (Å²) in [6.45, 7) is 2.79. The van der Waals surface area contributed by atoms with Gasteiger partial charge >= 0.3 is 6.03 Å². The normalized spacial score (nSPS) is 14.1. The van der Waals surface area contributed by atoms with Gasteiger partial charge in [-0.2, -0.15) is 0 Å². The zero-order valence-corrected chi connectivity index (χ0v) is 15.6. The van der Waals surface area contributed by atoms with E-state index in [0.29, 0.717) is 23.9 Å². The van der Waals surface area contributed by atoms with E-state index >= 15 is 0 Å². The van der Waals surface area contributed by atoms with Crippen molar-refractivity contribution in [2.45, 2.75) is 0 Å². The fourth-order valence-electron chi connectivity index (χ4n) is 2.90. The lowest BCUT2D eigenvalue weighted by Gasteiger charge is -2.36. The molecule has 0 radical (unpaired) electrons. The number of rotatable bonds is 4. The van der Waals surface area contributed by atoms with Crippen molar-refractivity contribution < 1.29 is 14.3 Å². The summed E-state index contributed by atoms with van der Waals surface area (Å²) in [6.07, 6.45) is 0. The van der Waals surface area contributed by atoms with Crippen molar-refractivity contribution >= 4 is 29.0 Å². The summed E-state index contributed by atoms with van der Waals surface area (Å²) in [5.74, 6) is 1.42. The van der Waals surface area contributed by atoms with Gasteiger partial charge in [0.2, 0.25) is 0 Å². The molecule has 1 aliphatic rings. The van der Waals surface area contributed by atoms with Crippen LogP contribution in [0.25, 0.3) is 0 Å². The molecule has 0 spiro atoms. The number of piperazine rings is 1. The van der Waals surface area contributed by atoms with Gasteiger partial charge in [0, 0.05) is 37.6 Å². The smallest absolute Gasteiger partial charge is 0.321 e. The first-order chi connectivity index (χ1) is 12.6. The predicted octanol–water partition coefficient (Wildman–Crippen LogP) is 3.71. The first-order valence-electron chi connectivity index (χ1n) is 8.39. The van der Waals surface area contributed by atoms with Gasteiger partial charge in [0.15, 0.2) is 0 Å².